The van der Waals surface area contributed by atoms with Crippen molar-refractivity contribution in [2.75, 3.05) is 26.3 Å². The van der Waals surface area contributed by atoms with Crippen molar-refractivity contribution in [1.29, 1.82) is 0 Å². The lowest BCUT2D eigenvalue weighted by molar-refractivity contribution is 0.0860. The van der Waals surface area contributed by atoms with Crippen LogP contribution in [0.2, 0.25) is 0 Å². The molecule has 0 atom stereocenters. The summed E-state index contributed by atoms with van der Waals surface area (Å²) in [6.45, 7) is 6.11. The predicted octanol–water partition coefficient (Wildman–Crippen LogP) is 4.99. The number of amides is 1. The summed E-state index contributed by atoms with van der Waals surface area (Å²) in [5, 5.41) is 0.764. The van der Waals surface area contributed by atoms with E-state index in [4.69, 9.17) is 9.47 Å². The van der Waals surface area contributed by atoms with Crippen molar-refractivity contribution in [2.45, 2.75) is 19.6 Å². The van der Waals surface area contributed by atoms with Gasteiger partial charge in [-0.3, -0.25) is 14.7 Å². The van der Waals surface area contributed by atoms with Crippen molar-refractivity contribution < 1.29 is 14.3 Å². The van der Waals surface area contributed by atoms with Gasteiger partial charge >= 0.3 is 0 Å². The largest absolute Gasteiger partial charge is 0.490 e. The second kappa shape index (κ2) is 9.98. The fraction of sp³-hybridized carbons (Fsp3) is 0.333. The third kappa shape index (κ3) is 5.08. The van der Waals surface area contributed by atoms with Crippen LogP contribution in [0.25, 0.3) is 0 Å². The molecule has 3 rings (SSSR count). The molecule has 1 aliphatic rings. The lowest BCUT2D eigenvalue weighted by Gasteiger charge is -2.19. The number of benzene rings is 2. The smallest absolute Gasteiger partial charge is 0.260 e. The summed E-state index contributed by atoms with van der Waals surface area (Å²) in [5.41, 5.74) is 1.76. The summed E-state index contributed by atoms with van der Waals surface area (Å²) in [6.07, 6.45) is 0. The minimum Gasteiger partial charge on any atom is -0.490 e. The first-order chi connectivity index (χ1) is 13.6. The predicted molar refractivity (Wildman–Crippen MR) is 118 cm³/mol. The van der Waals surface area contributed by atoms with E-state index < -0.39 is 0 Å². The number of hydrogen-bond acceptors (Lipinski definition) is 5. The molecular formula is C21H23BrN2O3S. The van der Waals surface area contributed by atoms with Crippen LogP contribution in [0.4, 0.5) is 0 Å². The van der Waals surface area contributed by atoms with E-state index in [2.05, 4.69) is 33.1 Å². The monoisotopic (exact) mass is 462 g/mol. The van der Waals surface area contributed by atoms with Gasteiger partial charge in [0.15, 0.2) is 16.7 Å². The van der Waals surface area contributed by atoms with E-state index in [1.807, 2.05) is 26.0 Å². The molecule has 148 valence electrons. The summed E-state index contributed by atoms with van der Waals surface area (Å²) in [4.78, 5) is 19.3. The van der Waals surface area contributed by atoms with Crippen LogP contribution >= 0.6 is 27.7 Å². The molecule has 0 aromatic heterocycles. The highest BCUT2D eigenvalue weighted by Gasteiger charge is 2.26. The first-order valence-corrected chi connectivity index (χ1v) is 11.0. The molecule has 2 aromatic carbocycles. The average molecular weight is 463 g/mol. The maximum Gasteiger partial charge on any atom is 0.260 e. The average Bonchev–Trinajstić information content (AvgIpc) is 3.17. The lowest BCUT2D eigenvalue weighted by atomic mass is 10.1. The van der Waals surface area contributed by atoms with Crippen molar-refractivity contribution >= 4 is 38.8 Å². The number of carbonyl (C=O) groups excluding carboxylic acids is 1. The number of aliphatic imine (C=N–C) groups is 1. The third-order valence-corrected chi connectivity index (χ3v) is 5.73. The molecular weight excluding hydrogens is 440 g/mol. The molecule has 0 spiro atoms. The normalized spacial score (nSPS) is 13.4. The number of ether oxygens (including phenoxy) is 2. The Balaban J connectivity index is 1.71. The molecule has 0 unspecified atom stereocenters. The molecule has 28 heavy (non-hydrogen) atoms. The van der Waals surface area contributed by atoms with Gasteiger partial charge in [0, 0.05) is 22.3 Å². The van der Waals surface area contributed by atoms with Crippen LogP contribution in [-0.2, 0) is 5.75 Å². The summed E-state index contributed by atoms with van der Waals surface area (Å²) in [7, 11) is 0. The molecule has 7 heteroatoms. The Morgan fingerprint density at radius 3 is 2.54 bits per heavy atom. The van der Waals surface area contributed by atoms with E-state index in [1.165, 1.54) is 5.56 Å². The van der Waals surface area contributed by atoms with Gasteiger partial charge in [-0.15, -0.1) is 0 Å². The summed E-state index contributed by atoms with van der Waals surface area (Å²) in [5.74, 6) is 1.95. The Bertz CT molecular complexity index is 855. The third-order valence-electron chi connectivity index (χ3n) is 4.12. The SMILES string of the molecule is CCOc1ccc(C(=O)N2CCN=C2SCc2ccc(Br)cc2)cc1OCC. The number of hydrogen-bond donors (Lipinski definition) is 0. The van der Waals surface area contributed by atoms with Crippen LogP contribution in [-0.4, -0.2) is 42.3 Å². The summed E-state index contributed by atoms with van der Waals surface area (Å²) >= 11 is 5.03. The number of halogens is 1. The molecule has 0 aliphatic carbocycles. The summed E-state index contributed by atoms with van der Waals surface area (Å²) in [6, 6.07) is 13.5. The van der Waals surface area contributed by atoms with Gasteiger partial charge in [0.05, 0.1) is 19.8 Å². The standard InChI is InChI=1S/C21H23BrN2O3S/c1-3-26-18-10-7-16(13-19(18)27-4-2)20(25)24-12-11-23-21(24)28-14-15-5-8-17(22)9-6-15/h5-10,13H,3-4,11-12,14H2,1-2H3. The fourth-order valence-corrected chi connectivity index (χ4v) is 4.07. The molecule has 1 heterocycles. The van der Waals surface area contributed by atoms with Gasteiger partial charge in [-0.1, -0.05) is 39.8 Å². The zero-order chi connectivity index (χ0) is 19.9. The molecule has 1 amide bonds. The fourth-order valence-electron chi connectivity index (χ4n) is 2.81. The maximum absolute atomic E-state index is 13.1. The highest BCUT2D eigenvalue weighted by Crippen LogP contribution is 2.30. The number of carbonyl (C=O) groups is 1. The van der Waals surface area contributed by atoms with Gasteiger partial charge in [0.25, 0.3) is 5.91 Å². The quantitative estimate of drug-likeness (QED) is 0.581. The first kappa shape index (κ1) is 20.7. The van der Waals surface area contributed by atoms with Crippen molar-refractivity contribution in [3.63, 3.8) is 0 Å². The van der Waals surface area contributed by atoms with Crippen molar-refractivity contribution in [3.8, 4) is 11.5 Å². The van der Waals surface area contributed by atoms with E-state index in [1.54, 1.807) is 34.9 Å². The number of nitrogens with zero attached hydrogens (tertiary/aromatic N) is 2. The number of rotatable bonds is 7. The van der Waals surface area contributed by atoms with Crippen LogP contribution in [0, 0.1) is 0 Å². The lowest BCUT2D eigenvalue weighted by Crippen LogP contribution is -2.32. The number of amidine groups is 1. The van der Waals surface area contributed by atoms with Crippen LogP contribution in [0.1, 0.15) is 29.8 Å². The van der Waals surface area contributed by atoms with Crippen LogP contribution in [0.15, 0.2) is 51.9 Å². The van der Waals surface area contributed by atoms with Crippen molar-refractivity contribution in [3.05, 3.63) is 58.1 Å². The Hall–Kier alpha value is -1.99. The molecule has 0 saturated heterocycles. The molecule has 1 aliphatic heterocycles. The molecule has 5 nitrogen and oxygen atoms in total. The molecule has 0 fully saturated rings. The van der Waals surface area contributed by atoms with Gasteiger partial charge in [-0.25, -0.2) is 0 Å². The van der Waals surface area contributed by atoms with Gasteiger partial charge in [0.2, 0.25) is 0 Å². The van der Waals surface area contributed by atoms with E-state index in [0.717, 1.165) is 15.4 Å². The highest BCUT2D eigenvalue weighted by molar-refractivity contribution is 9.10. The molecule has 0 saturated carbocycles. The Morgan fingerprint density at radius 1 is 1.11 bits per heavy atom. The summed E-state index contributed by atoms with van der Waals surface area (Å²) < 4.78 is 12.3. The molecule has 0 bridgehead atoms. The van der Waals surface area contributed by atoms with E-state index in [-0.39, 0.29) is 5.91 Å². The molecule has 2 aromatic rings. The second-order valence-electron chi connectivity index (χ2n) is 6.06. The Labute approximate surface area is 178 Å². The Morgan fingerprint density at radius 2 is 1.82 bits per heavy atom. The van der Waals surface area contributed by atoms with Crippen LogP contribution in [0.3, 0.4) is 0 Å². The van der Waals surface area contributed by atoms with Crippen LogP contribution in [0.5, 0.6) is 11.5 Å². The van der Waals surface area contributed by atoms with Gasteiger partial charge < -0.3 is 9.47 Å². The van der Waals surface area contributed by atoms with Gasteiger partial charge in [-0.2, -0.15) is 0 Å². The second-order valence-corrected chi connectivity index (χ2v) is 7.92. The minimum atomic E-state index is -0.0662. The molecule has 0 radical (unpaired) electrons. The first-order valence-electron chi connectivity index (χ1n) is 9.25. The minimum absolute atomic E-state index is 0.0662. The molecule has 0 N–H and O–H groups in total. The van der Waals surface area contributed by atoms with Crippen LogP contribution < -0.4 is 9.47 Å². The van der Waals surface area contributed by atoms with Crippen molar-refractivity contribution in [1.82, 2.24) is 4.90 Å². The maximum atomic E-state index is 13.1. The van der Waals surface area contributed by atoms with Gasteiger partial charge in [-0.05, 0) is 49.7 Å². The van der Waals surface area contributed by atoms with E-state index in [0.29, 0.717) is 43.4 Å². The van der Waals surface area contributed by atoms with Gasteiger partial charge in [0.1, 0.15) is 0 Å². The van der Waals surface area contributed by atoms with Crippen molar-refractivity contribution in [2.24, 2.45) is 4.99 Å². The topological polar surface area (TPSA) is 51.1 Å². The number of thioether (sulfide) groups is 1. The Kier molecular flexibility index (Phi) is 7.39. The van der Waals surface area contributed by atoms with E-state index >= 15 is 0 Å². The highest BCUT2D eigenvalue weighted by atomic mass is 79.9. The zero-order valence-electron chi connectivity index (χ0n) is 16.0. The van der Waals surface area contributed by atoms with E-state index in [9.17, 15) is 4.79 Å². The zero-order valence-corrected chi connectivity index (χ0v) is 18.4.